The van der Waals surface area contributed by atoms with Gasteiger partial charge in [-0.15, -0.1) is 0 Å². The van der Waals surface area contributed by atoms with Gasteiger partial charge in [-0.05, 0) is 29.3 Å². The molecule has 0 N–H and O–H groups in total. The molecule has 0 atom stereocenters. The average Bonchev–Trinajstić information content (AvgIpc) is 2.19. The second-order valence-corrected chi connectivity index (χ2v) is 3.11. The number of aryl methyl sites for hydroxylation is 1. The van der Waals surface area contributed by atoms with Gasteiger partial charge in [-0.25, -0.2) is 0 Å². The second-order valence-electron chi connectivity index (χ2n) is 3.11. The minimum atomic E-state index is 0.957. The first-order valence-corrected chi connectivity index (χ1v) is 4.35. The molecule has 0 aliphatic rings. The molecule has 0 radical (unpaired) electrons. The molecule has 0 aliphatic carbocycles. The average molecular weight is 172 g/mol. The smallest absolute Gasteiger partial charge is 0.122 e. The topological polar surface area (TPSA) is 9.23 Å². The van der Waals surface area contributed by atoms with Crippen LogP contribution in [0.5, 0.6) is 5.75 Å². The van der Waals surface area contributed by atoms with Crippen molar-refractivity contribution in [3.05, 3.63) is 42.0 Å². The Hall–Kier alpha value is -1.50. The molecular weight excluding hydrogens is 160 g/mol. The molecular formula is C12H12O. The maximum atomic E-state index is 5.25. The summed E-state index contributed by atoms with van der Waals surface area (Å²) in [7, 11) is 1.71. The van der Waals surface area contributed by atoms with Crippen LogP contribution >= 0.6 is 0 Å². The van der Waals surface area contributed by atoms with Crippen LogP contribution in [0.15, 0.2) is 36.4 Å². The number of hydrogen-bond acceptors (Lipinski definition) is 1. The van der Waals surface area contributed by atoms with Crippen LogP contribution in [0.2, 0.25) is 0 Å². The van der Waals surface area contributed by atoms with Crippen LogP contribution in [0.1, 0.15) is 5.56 Å². The van der Waals surface area contributed by atoms with Gasteiger partial charge in [-0.2, -0.15) is 0 Å². The normalized spacial score (nSPS) is 10.3. The van der Waals surface area contributed by atoms with Crippen LogP contribution in [-0.2, 0) is 0 Å². The molecule has 0 saturated heterocycles. The van der Waals surface area contributed by atoms with Gasteiger partial charge in [-0.3, -0.25) is 0 Å². The zero-order chi connectivity index (χ0) is 9.26. The van der Waals surface area contributed by atoms with E-state index in [2.05, 4.69) is 31.2 Å². The molecule has 1 heteroatoms. The van der Waals surface area contributed by atoms with Crippen molar-refractivity contribution in [3.63, 3.8) is 0 Å². The quantitative estimate of drug-likeness (QED) is 0.642. The van der Waals surface area contributed by atoms with Crippen molar-refractivity contribution in [1.29, 1.82) is 0 Å². The minimum Gasteiger partial charge on any atom is -0.496 e. The Morgan fingerprint density at radius 1 is 1.00 bits per heavy atom. The molecule has 2 rings (SSSR count). The van der Waals surface area contributed by atoms with Gasteiger partial charge in [0.1, 0.15) is 5.75 Å². The second kappa shape index (κ2) is 3.09. The molecule has 0 unspecified atom stereocenters. The summed E-state index contributed by atoms with van der Waals surface area (Å²) in [5.74, 6) is 0.957. The van der Waals surface area contributed by atoms with Crippen molar-refractivity contribution in [2.24, 2.45) is 0 Å². The van der Waals surface area contributed by atoms with Crippen molar-refractivity contribution in [3.8, 4) is 5.75 Å². The fourth-order valence-corrected chi connectivity index (χ4v) is 1.63. The Morgan fingerprint density at radius 2 is 1.77 bits per heavy atom. The first-order chi connectivity index (χ1) is 6.33. The van der Waals surface area contributed by atoms with E-state index in [4.69, 9.17) is 4.74 Å². The summed E-state index contributed by atoms with van der Waals surface area (Å²) in [6, 6.07) is 12.4. The molecule has 2 aromatic rings. The number of benzene rings is 2. The predicted octanol–water partition coefficient (Wildman–Crippen LogP) is 3.16. The summed E-state index contributed by atoms with van der Waals surface area (Å²) < 4.78 is 5.25. The Bertz CT molecular complexity index is 432. The van der Waals surface area contributed by atoms with Gasteiger partial charge < -0.3 is 4.74 Å². The van der Waals surface area contributed by atoms with E-state index in [0.717, 1.165) is 5.75 Å². The number of rotatable bonds is 1. The van der Waals surface area contributed by atoms with Gasteiger partial charge in [0.25, 0.3) is 0 Å². The molecule has 0 fully saturated rings. The van der Waals surface area contributed by atoms with E-state index in [1.807, 2.05) is 12.1 Å². The van der Waals surface area contributed by atoms with E-state index < -0.39 is 0 Å². The Morgan fingerprint density at radius 3 is 2.54 bits per heavy atom. The molecule has 13 heavy (non-hydrogen) atoms. The van der Waals surface area contributed by atoms with E-state index >= 15 is 0 Å². The lowest BCUT2D eigenvalue weighted by Crippen LogP contribution is -1.87. The summed E-state index contributed by atoms with van der Waals surface area (Å²) in [6.07, 6.45) is 0. The number of hydrogen-bond donors (Lipinski definition) is 0. The van der Waals surface area contributed by atoms with Crippen molar-refractivity contribution >= 4 is 10.8 Å². The minimum absolute atomic E-state index is 0.957. The number of methoxy groups -OCH3 is 1. The maximum Gasteiger partial charge on any atom is 0.122 e. The van der Waals surface area contributed by atoms with Crippen LogP contribution in [-0.4, -0.2) is 7.11 Å². The van der Waals surface area contributed by atoms with Crippen LogP contribution < -0.4 is 4.74 Å². The van der Waals surface area contributed by atoms with E-state index in [1.165, 1.54) is 16.3 Å². The maximum absolute atomic E-state index is 5.25. The summed E-state index contributed by atoms with van der Waals surface area (Å²) in [4.78, 5) is 0. The Kier molecular flexibility index (Phi) is 1.93. The number of fused-ring (bicyclic) bond motifs is 1. The van der Waals surface area contributed by atoms with Crippen LogP contribution in [0.3, 0.4) is 0 Å². The SMILES string of the molecule is COc1ccc2ccccc2c1C. The lowest BCUT2D eigenvalue weighted by atomic mass is 10.1. The lowest BCUT2D eigenvalue weighted by Gasteiger charge is -2.07. The fraction of sp³-hybridized carbons (Fsp3) is 0.167. The summed E-state index contributed by atoms with van der Waals surface area (Å²) in [5.41, 5.74) is 1.21. The van der Waals surface area contributed by atoms with E-state index in [-0.39, 0.29) is 0 Å². The molecule has 0 saturated carbocycles. The lowest BCUT2D eigenvalue weighted by molar-refractivity contribution is 0.412. The molecule has 0 bridgehead atoms. The molecule has 1 nitrogen and oxygen atoms in total. The van der Waals surface area contributed by atoms with Gasteiger partial charge in [0, 0.05) is 0 Å². The zero-order valence-electron chi connectivity index (χ0n) is 7.87. The predicted molar refractivity (Wildman–Crippen MR) is 55.2 cm³/mol. The van der Waals surface area contributed by atoms with E-state index in [9.17, 15) is 0 Å². The molecule has 0 amide bonds. The molecule has 0 aromatic heterocycles. The largest absolute Gasteiger partial charge is 0.496 e. The number of ether oxygens (including phenoxy) is 1. The fourth-order valence-electron chi connectivity index (χ4n) is 1.63. The highest BCUT2D eigenvalue weighted by molar-refractivity contribution is 5.87. The monoisotopic (exact) mass is 172 g/mol. The zero-order valence-corrected chi connectivity index (χ0v) is 7.87. The highest BCUT2D eigenvalue weighted by Gasteiger charge is 2.01. The summed E-state index contributed by atoms with van der Waals surface area (Å²) >= 11 is 0. The van der Waals surface area contributed by atoms with Gasteiger partial charge in [0.2, 0.25) is 0 Å². The van der Waals surface area contributed by atoms with Gasteiger partial charge in [0.05, 0.1) is 7.11 Å². The molecule has 66 valence electrons. The first kappa shape index (κ1) is 8.11. The van der Waals surface area contributed by atoms with Gasteiger partial charge >= 0.3 is 0 Å². The molecule has 2 aromatic carbocycles. The summed E-state index contributed by atoms with van der Waals surface area (Å²) in [6.45, 7) is 2.08. The van der Waals surface area contributed by atoms with Crippen molar-refractivity contribution < 1.29 is 4.74 Å². The van der Waals surface area contributed by atoms with Crippen molar-refractivity contribution in [1.82, 2.24) is 0 Å². The van der Waals surface area contributed by atoms with E-state index in [1.54, 1.807) is 7.11 Å². The third-order valence-corrected chi connectivity index (χ3v) is 2.37. The van der Waals surface area contributed by atoms with Crippen molar-refractivity contribution in [2.75, 3.05) is 7.11 Å². The first-order valence-electron chi connectivity index (χ1n) is 4.35. The highest BCUT2D eigenvalue weighted by Crippen LogP contribution is 2.26. The van der Waals surface area contributed by atoms with Gasteiger partial charge in [-0.1, -0.05) is 30.3 Å². The van der Waals surface area contributed by atoms with Crippen LogP contribution in [0.25, 0.3) is 10.8 Å². The molecule has 0 spiro atoms. The Balaban J connectivity index is 2.79. The third kappa shape index (κ3) is 1.26. The van der Waals surface area contributed by atoms with Crippen molar-refractivity contribution in [2.45, 2.75) is 6.92 Å². The third-order valence-electron chi connectivity index (χ3n) is 2.37. The molecule has 0 heterocycles. The van der Waals surface area contributed by atoms with Crippen LogP contribution in [0.4, 0.5) is 0 Å². The highest BCUT2D eigenvalue weighted by atomic mass is 16.5. The summed E-state index contributed by atoms with van der Waals surface area (Å²) in [5, 5.41) is 2.53. The van der Waals surface area contributed by atoms with Gasteiger partial charge in [0.15, 0.2) is 0 Å². The van der Waals surface area contributed by atoms with E-state index in [0.29, 0.717) is 0 Å². The molecule has 0 aliphatic heterocycles. The van der Waals surface area contributed by atoms with Crippen LogP contribution in [0, 0.1) is 6.92 Å². The standard InChI is InChI=1S/C12H12O/c1-9-11-6-4-3-5-10(11)7-8-12(9)13-2/h3-8H,1-2H3. The Labute approximate surface area is 78.0 Å².